The molecule has 0 spiro atoms. The summed E-state index contributed by atoms with van der Waals surface area (Å²) in [6.45, 7) is 0. The molecule has 148 valence electrons. The molecule has 0 aliphatic rings. The summed E-state index contributed by atoms with van der Waals surface area (Å²) >= 11 is 0. The first-order chi connectivity index (χ1) is 14.0. The van der Waals surface area contributed by atoms with E-state index in [1.165, 1.54) is 6.20 Å². The summed E-state index contributed by atoms with van der Waals surface area (Å²) in [4.78, 5) is 32.1. The Balaban J connectivity index is 1.93. The number of ether oxygens (including phenoxy) is 1. The van der Waals surface area contributed by atoms with E-state index >= 15 is 0 Å². The lowest BCUT2D eigenvalue weighted by atomic mass is 10.1. The lowest BCUT2D eigenvalue weighted by molar-refractivity contribution is -0.118. The average molecular weight is 392 g/mol. The quantitative estimate of drug-likeness (QED) is 0.458. The van der Waals surface area contributed by atoms with E-state index in [1.807, 2.05) is 6.07 Å². The highest BCUT2D eigenvalue weighted by molar-refractivity contribution is 5.98. The van der Waals surface area contributed by atoms with Crippen LogP contribution < -0.4 is 26.8 Å². The van der Waals surface area contributed by atoms with Gasteiger partial charge < -0.3 is 26.8 Å². The van der Waals surface area contributed by atoms with Gasteiger partial charge in [0.25, 0.3) is 5.91 Å². The van der Waals surface area contributed by atoms with Crippen LogP contribution in [0.5, 0.6) is 5.75 Å². The minimum absolute atomic E-state index is 0.0914. The largest absolute Gasteiger partial charge is 0.497 e. The van der Waals surface area contributed by atoms with Gasteiger partial charge >= 0.3 is 0 Å². The van der Waals surface area contributed by atoms with E-state index < -0.39 is 17.9 Å². The van der Waals surface area contributed by atoms with Crippen LogP contribution in [0.3, 0.4) is 0 Å². The van der Waals surface area contributed by atoms with E-state index in [0.29, 0.717) is 17.0 Å². The Morgan fingerprint density at radius 2 is 1.83 bits per heavy atom. The number of nitrogens with zero attached hydrogens (tertiary/aromatic N) is 2. The molecule has 29 heavy (non-hydrogen) atoms. The Labute approximate surface area is 167 Å². The lowest BCUT2D eigenvalue weighted by Crippen LogP contribution is -2.28. The van der Waals surface area contributed by atoms with Crippen molar-refractivity contribution >= 4 is 29.3 Å². The van der Waals surface area contributed by atoms with Crippen molar-refractivity contribution in [2.75, 3.05) is 17.7 Å². The standard InChI is InChI=1S/C20H20N6O3/c1-29-14-9-5-8-13(10-14)24-19-15(17(21)27)11-23-20(26-19)25-16(18(22)28)12-6-3-2-4-7-12/h2-11,16H,1H3,(H2,21,27)(H2,22,28)(H2,23,24,25,26). The molecule has 1 atom stereocenters. The number of anilines is 3. The second-order valence-corrected chi connectivity index (χ2v) is 6.07. The van der Waals surface area contributed by atoms with E-state index in [9.17, 15) is 9.59 Å². The molecule has 0 aliphatic heterocycles. The Kier molecular flexibility index (Phi) is 5.88. The van der Waals surface area contributed by atoms with E-state index in [2.05, 4.69) is 20.6 Å². The van der Waals surface area contributed by atoms with E-state index in [4.69, 9.17) is 16.2 Å². The molecule has 2 aromatic carbocycles. The van der Waals surface area contributed by atoms with Crippen LogP contribution in [-0.4, -0.2) is 28.9 Å². The molecule has 3 rings (SSSR count). The molecule has 0 aliphatic carbocycles. The molecular weight excluding hydrogens is 372 g/mol. The highest BCUT2D eigenvalue weighted by Crippen LogP contribution is 2.24. The number of nitrogens with two attached hydrogens (primary N) is 2. The van der Waals surface area contributed by atoms with Crippen molar-refractivity contribution in [2.24, 2.45) is 11.5 Å². The maximum absolute atomic E-state index is 11.9. The number of aromatic nitrogens is 2. The fraction of sp³-hybridized carbons (Fsp3) is 0.100. The molecular formula is C20H20N6O3. The first-order valence-corrected chi connectivity index (χ1v) is 8.66. The van der Waals surface area contributed by atoms with Crippen molar-refractivity contribution in [1.29, 1.82) is 0 Å². The summed E-state index contributed by atoms with van der Waals surface area (Å²) < 4.78 is 5.19. The van der Waals surface area contributed by atoms with Gasteiger partial charge in [-0.25, -0.2) is 4.98 Å². The number of primary amides is 2. The molecule has 1 aromatic heterocycles. The van der Waals surface area contributed by atoms with Crippen molar-refractivity contribution < 1.29 is 14.3 Å². The van der Waals surface area contributed by atoms with Gasteiger partial charge in [0, 0.05) is 18.0 Å². The zero-order valence-electron chi connectivity index (χ0n) is 15.6. The molecule has 6 N–H and O–H groups in total. The Bertz CT molecular complexity index is 1030. The van der Waals surface area contributed by atoms with Crippen molar-refractivity contribution in [3.05, 3.63) is 71.9 Å². The van der Waals surface area contributed by atoms with Gasteiger partial charge in [0.2, 0.25) is 11.9 Å². The molecule has 0 fully saturated rings. The number of nitrogens with one attached hydrogen (secondary N) is 2. The molecule has 9 heteroatoms. The third-order valence-corrected chi connectivity index (χ3v) is 4.08. The average Bonchev–Trinajstić information content (AvgIpc) is 2.72. The highest BCUT2D eigenvalue weighted by Gasteiger charge is 2.20. The number of benzene rings is 2. The van der Waals surface area contributed by atoms with Crippen LogP contribution >= 0.6 is 0 Å². The number of hydrogen-bond donors (Lipinski definition) is 4. The van der Waals surface area contributed by atoms with Crippen LogP contribution in [-0.2, 0) is 4.79 Å². The second kappa shape index (κ2) is 8.70. The van der Waals surface area contributed by atoms with Crippen molar-refractivity contribution in [2.45, 2.75) is 6.04 Å². The lowest BCUT2D eigenvalue weighted by Gasteiger charge is -2.17. The smallest absolute Gasteiger partial charge is 0.254 e. The zero-order chi connectivity index (χ0) is 20.8. The fourth-order valence-corrected chi connectivity index (χ4v) is 2.66. The van der Waals surface area contributed by atoms with Crippen LogP contribution in [0.4, 0.5) is 17.5 Å². The summed E-state index contributed by atoms with van der Waals surface area (Å²) in [5.74, 6) is -0.383. The number of carbonyl (C=O) groups is 2. The number of carbonyl (C=O) groups excluding carboxylic acids is 2. The highest BCUT2D eigenvalue weighted by atomic mass is 16.5. The minimum atomic E-state index is -0.847. The fourth-order valence-electron chi connectivity index (χ4n) is 2.66. The third kappa shape index (κ3) is 4.78. The minimum Gasteiger partial charge on any atom is -0.497 e. The van der Waals surface area contributed by atoms with Gasteiger partial charge in [0.05, 0.1) is 7.11 Å². The van der Waals surface area contributed by atoms with Gasteiger partial charge in [-0.1, -0.05) is 36.4 Å². The Morgan fingerprint density at radius 1 is 1.07 bits per heavy atom. The number of rotatable bonds is 8. The number of hydrogen-bond acceptors (Lipinski definition) is 7. The van der Waals surface area contributed by atoms with Gasteiger partial charge in [0.1, 0.15) is 23.2 Å². The SMILES string of the molecule is COc1cccc(Nc2nc(NC(C(N)=O)c3ccccc3)ncc2C(N)=O)c1. The first-order valence-electron chi connectivity index (χ1n) is 8.66. The predicted octanol–water partition coefficient (Wildman–Crippen LogP) is 1.97. The molecule has 9 nitrogen and oxygen atoms in total. The van der Waals surface area contributed by atoms with Crippen LogP contribution in [0, 0.1) is 0 Å². The van der Waals surface area contributed by atoms with Crippen LogP contribution in [0.2, 0.25) is 0 Å². The van der Waals surface area contributed by atoms with E-state index in [0.717, 1.165) is 0 Å². The van der Waals surface area contributed by atoms with Gasteiger partial charge in [-0.3, -0.25) is 9.59 Å². The molecule has 0 saturated carbocycles. The molecule has 0 bridgehead atoms. The predicted molar refractivity (Wildman–Crippen MR) is 109 cm³/mol. The summed E-state index contributed by atoms with van der Waals surface area (Å²) in [6, 6.07) is 15.2. The molecule has 1 heterocycles. The van der Waals surface area contributed by atoms with Gasteiger partial charge in [0.15, 0.2) is 0 Å². The molecule has 2 amide bonds. The van der Waals surface area contributed by atoms with E-state index in [1.54, 1.807) is 55.6 Å². The first kappa shape index (κ1) is 19.6. The van der Waals surface area contributed by atoms with Crippen molar-refractivity contribution in [3.8, 4) is 5.75 Å². The van der Waals surface area contributed by atoms with Gasteiger partial charge in [-0.2, -0.15) is 4.98 Å². The summed E-state index contributed by atoms with van der Waals surface area (Å²) in [5.41, 5.74) is 12.3. The summed E-state index contributed by atoms with van der Waals surface area (Å²) in [6.07, 6.45) is 1.28. The molecule has 3 aromatic rings. The third-order valence-electron chi connectivity index (χ3n) is 4.08. The van der Waals surface area contributed by atoms with Crippen molar-refractivity contribution in [1.82, 2.24) is 9.97 Å². The molecule has 1 unspecified atom stereocenters. The topological polar surface area (TPSA) is 145 Å². The van der Waals surface area contributed by atoms with E-state index in [-0.39, 0.29) is 17.3 Å². The monoisotopic (exact) mass is 392 g/mol. The second-order valence-electron chi connectivity index (χ2n) is 6.07. The maximum Gasteiger partial charge on any atom is 0.254 e. The van der Waals surface area contributed by atoms with Crippen LogP contribution in [0.1, 0.15) is 22.0 Å². The number of methoxy groups -OCH3 is 1. The van der Waals surface area contributed by atoms with Gasteiger partial charge in [-0.15, -0.1) is 0 Å². The van der Waals surface area contributed by atoms with Crippen LogP contribution in [0.25, 0.3) is 0 Å². The Morgan fingerprint density at radius 3 is 2.48 bits per heavy atom. The number of amides is 2. The van der Waals surface area contributed by atoms with Gasteiger partial charge in [-0.05, 0) is 17.7 Å². The summed E-state index contributed by atoms with van der Waals surface area (Å²) in [7, 11) is 1.55. The maximum atomic E-state index is 11.9. The normalized spacial score (nSPS) is 11.3. The zero-order valence-corrected chi connectivity index (χ0v) is 15.6. The molecule has 0 radical (unpaired) electrons. The Hall–Kier alpha value is -4.14. The van der Waals surface area contributed by atoms with Crippen LogP contribution in [0.15, 0.2) is 60.8 Å². The summed E-state index contributed by atoms with van der Waals surface area (Å²) in [5, 5.41) is 5.92. The van der Waals surface area contributed by atoms with Crippen molar-refractivity contribution in [3.63, 3.8) is 0 Å². The molecule has 0 saturated heterocycles.